The Labute approximate surface area is 899 Å². The largest absolute Gasteiger partial charge is 0.340 e. The average molecular weight is 2420 g/mol. The number of para-hydroxylation sites is 3. The molecule has 6 aromatic heterocycles. The normalized spacial score (nSPS) is 11.0. The summed E-state index contributed by atoms with van der Waals surface area (Å²) < 4.78 is 6.61. The van der Waals surface area contributed by atoms with Crippen LogP contribution in [0.3, 0.4) is 0 Å². The molecule has 12 heteroatoms. The molecule has 0 saturated heterocycles. The molecule has 3 radical (unpaired) electrons. The van der Waals surface area contributed by atoms with Crippen LogP contribution in [0.15, 0.2) is 493 Å². The average Bonchev–Trinajstić information content (AvgIpc) is 1.18. The first-order chi connectivity index (χ1) is 69.7. The summed E-state index contributed by atoms with van der Waals surface area (Å²) in [5.74, 6) is 4.98. The minimum absolute atomic E-state index is 0. The summed E-state index contributed by atoms with van der Waals surface area (Å²) in [5.41, 5.74) is 26.7. The number of nitrogens with zero attached hydrogens (tertiary/aromatic N) is 9. The first-order valence-electron chi connectivity index (χ1n) is 49.0. The van der Waals surface area contributed by atoms with Crippen molar-refractivity contribution in [2.24, 2.45) is 11.8 Å². The first kappa shape index (κ1) is 108. The monoisotopic (exact) mass is 2420 g/mol. The predicted octanol–water partition coefficient (Wildman–Crippen LogP) is 31.1. The zero-order valence-electron chi connectivity index (χ0n) is 83.5. The van der Waals surface area contributed by atoms with Crippen molar-refractivity contribution in [2.75, 3.05) is 0 Å². The Morgan fingerprint density at radius 1 is 0.228 bits per heavy atom. The number of imidazole rings is 3. The van der Waals surface area contributed by atoms with Gasteiger partial charge in [-0.15, -0.1) is 124 Å². The molecule has 0 aliphatic carbocycles. The van der Waals surface area contributed by atoms with Gasteiger partial charge < -0.3 is 13.7 Å². The Hall–Kier alpha value is -14.7. The summed E-state index contributed by atoms with van der Waals surface area (Å²) >= 11 is 0. The van der Waals surface area contributed by atoms with Gasteiger partial charge in [0.05, 0.1) is 50.8 Å². The van der Waals surface area contributed by atoms with Gasteiger partial charge in [0.15, 0.2) is 0 Å². The molecule has 0 saturated carbocycles. The van der Waals surface area contributed by atoms with Crippen LogP contribution >= 0.6 is 0 Å². The summed E-state index contributed by atoms with van der Waals surface area (Å²) in [7, 11) is 0. The number of rotatable bonds is 24. The number of pyridine rings is 3. The van der Waals surface area contributed by atoms with Crippen LogP contribution < -0.4 is 0 Å². The summed E-state index contributed by atoms with van der Waals surface area (Å²) in [6.07, 6.45) is 19.5. The molecule has 0 atom stereocenters. The molecule has 0 N–H and O–H groups in total. The molecule has 21 rings (SSSR count). The number of hydrogen-bond acceptors (Lipinski definition) is 6. The van der Waals surface area contributed by atoms with Gasteiger partial charge >= 0.3 is 0 Å². The SMILES string of the molecule is CC(C)Cc1cccc(CC(C)C)c1-n1ccnc1-c1[c-]cccc1.CC(C)c1cccc(C(C)C)c1-n1ccnc1-c1[c-]cccc1.Cc1cccc(C)c1-n1ccnc1-c1[c-]cccc1.[Ir].[Ir].[Ir].[c-]1ccccc1C(c1ccccc1)(c1ccccc1)c1ccccn1.[c-]1ccccc1C(c1ccccc1)(c1ccccc1)c1ccccn1.[c-]1ccccc1C(c1ccccc1)(c1ccccc1)c1ccccn1. The van der Waals surface area contributed by atoms with Crippen molar-refractivity contribution in [1.82, 2.24) is 43.6 Å². The van der Waals surface area contributed by atoms with E-state index in [1.54, 1.807) is 0 Å². The minimum atomic E-state index is -0.495. The van der Waals surface area contributed by atoms with Gasteiger partial charge in [0.1, 0.15) is 0 Å². The fourth-order valence-corrected chi connectivity index (χ4v) is 19.3. The van der Waals surface area contributed by atoms with Crippen LogP contribution in [-0.2, 0) is 89.4 Å². The third kappa shape index (κ3) is 25.0. The van der Waals surface area contributed by atoms with E-state index in [0.717, 1.165) is 80.8 Å². The smallest absolute Gasteiger partial charge is 0.0650 e. The molecular formula is C133H119Ir3N9-6. The Kier molecular flexibility index (Phi) is 39.4. The number of aryl methyl sites for hydroxylation is 2. The molecule has 21 aromatic rings. The number of aromatic nitrogens is 9. The van der Waals surface area contributed by atoms with Crippen LogP contribution in [-0.4, -0.2) is 43.6 Å². The topological polar surface area (TPSA) is 92.1 Å². The van der Waals surface area contributed by atoms with Gasteiger partial charge in [-0.25, -0.2) is 0 Å². The fourth-order valence-electron chi connectivity index (χ4n) is 19.3. The van der Waals surface area contributed by atoms with Gasteiger partial charge in [0.2, 0.25) is 0 Å². The number of hydrogen-bond donors (Lipinski definition) is 0. The van der Waals surface area contributed by atoms with Crippen LogP contribution in [0.4, 0.5) is 0 Å². The molecule has 15 aromatic carbocycles. The molecule has 0 aliphatic rings. The maximum absolute atomic E-state index is 4.76. The Bertz CT molecular complexity index is 6410. The summed E-state index contributed by atoms with van der Waals surface area (Å²) in [6.45, 7) is 22.3. The minimum Gasteiger partial charge on any atom is -0.340 e. The molecule has 729 valence electrons. The van der Waals surface area contributed by atoms with E-state index >= 15 is 0 Å². The van der Waals surface area contributed by atoms with Crippen molar-refractivity contribution < 1.29 is 60.3 Å². The maximum Gasteiger partial charge on any atom is 0.0650 e. The first-order valence-corrected chi connectivity index (χ1v) is 49.0. The van der Waals surface area contributed by atoms with E-state index in [4.69, 9.17) is 15.0 Å². The predicted molar refractivity (Wildman–Crippen MR) is 582 cm³/mol. The van der Waals surface area contributed by atoms with E-state index in [1.165, 1.54) is 83.8 Å². The Morgan fingerprint density at radius 3 is 0.724 bits per heavy atom. The maximum atomic E-state index is 4.76. The molecule has 0 bridgehead atoms. The second kappa shape index (κ2) is 53.1. The third-order valence-corrected chi connectivity index (χ3v) is 25.5. The van der Waals surface area contributed by atoms with E-state index in [9.17, 15) is 0 Å². The Morgan fingerprint density at radius 2 is 0.476 bits per heavy atom. The zero-order chi connectivity index (χ0) is 98.3. The summed E-state index contributed by atoms with van der Waals surface area (Å²) in [5, 5.41) is 0. The van der Waals surface area contributed by atoms with Crippen LogP contribution in [0.5, 0.6) is 0 Å². The van der Waals surface area contributed by atoms with Gasteiger partial charge in [-0.3, -0.25) is 29.9 Å². The summed E-state index contributed by atoms with van der Waals surface area (Å²) in [4.78, 5) is 28.0. The van der Waals surface area contributed by atoms with Crippen molar-refractivity contribution in [1.29, 1.82) is 0 Å². The van der Waals surface area contributed by atoms with E-state index in [1.807, 2.05) is 213 Å². The van der Waals surface area contributed by atoms with Crippen LogP contribution in [0.1, 0.15) is 168 Å². The van der Waals surface area contributed by atoms with E-state index in [-0.39, 0.29) is 60.3 Å². The van der Waals surface area contributed by atoms with E-state index in [2.05, 4.69) is 414 Å². The molecule has 0 aliphatic heterocycles. The Balaban J connectivity index is 0.000000145. The van der Waals surface area contributed by atoms with E-state index < -0.39 is 16.2 Å². The fraction of sp³-hybridized carbons (Fsp3) is 0.143. The molecule has 9 nitrogen and oxygen atoms in total. The number of benzene rings is 15. The zero-order valence-corrected chi connectivity index (χ0v) is 90.7. The van der Waals surface area contributed by atoms with Crippen LogP contribution in [0, 0.1) is 62.1 Å². The molecule has 0 fully saturated rings. The molecule has 0 unspecified atom stereocenters. The van der Waals surface area contributed by atoms with Crippen molar-refractivity contribution >= 4 is 0 Å². The second-order valence-corrected chi connectivity index (χ2v) is 36.6. The van der Waals surface area contributed by atoms with Gasteiger partial charge in [0.25, 0.3) is 0 Å². The molecule has 6 heterocycles. The molecule has 145 heavy (non-hydrogen) atoms. The van der Waals surface area contributed by atoms with Crippen molar-refractivity contribution in [3.63, 3.8) is 0 Å². The van der Waals surface area contributed by atoms with Crippen molar-refractivity contribution in [3.05, 3.63) is 629 Å². The van der Waals surface area contributed by atoms with Crippen molar-refractivity contribution in [3.8, 4) is 51.2 Å². The second-order valence-electron chi connectivity index (χ2n) is 36.6. The molecule has 0 amide bonds. The van der Waals surface area contributed by atoms with Crippen molar-refractivity contribution in [2.45, 2.75) is 110 Å². The van der Waals surface area contributed by atoms with Crippen LogP contribution in [0.25, 0.3) is 51.2 Å². The van der Waals surface area contributed by atoms with Gasteiger partial charge in [0, 0.05) is 133 Å². The quantitative estimate of drug-likeness (QED) is 0.0442. The van der Waals surface area contributed by atoms with Crippen LogP contribution in [0.2, 0.25) is 0 Å². The van der Waals surface area contributed by atoms with Gasteiger partial charge in [-0.1, -0.05) is 310 Å². The summed E-state index contributed by atoms with van der Waals surface area (Å²) in [6, 6.07) is 170. The third-order valence-electron chi connectivity index (χ3n) is 25.5. The molecule has 0 spiro atoms. The van der Waals surface area contributed by atoms with E-state index in [0.29, 0.717) is 23.7 Å². The molecular weight excluding hydrogens is 2300 g/mol. The van der Waals surface area contributed by atoms with Gasteiger partial charge in [-0.2, -0.15) is 91.0 Å². The van der Waals surface area contributed by atoms with Gasteiger partial charge in [-0.05, 0) is 154 Å². The standard InChI is InChI=1S/3C24H18N.C23H27N2.C21H23N2.C17H15N2.3Ir/c3*1-4-12-20(13-5-1)24(21-14-6-2-7-15-21,22-16-8-3-9-17-22)23-18-10-11-19-25-23;1-17(2)15-20-11-8-12-21(16-18(3)4)22(20)25-14-13-24-23(25)19-9-6-5-7-10-19;1-15(2)18-11-8-12-19(16(3)4)20(18)23-14-13-22-21(23)17-9-6-5-7-10-17;1-13-7-6-8-14(2)16(13)19-12-11-18-17(19)15-9-4-3-5-10-15;;;/h3*1-16,18-19H;5-9,11-14,17-18H,15-16H2,1-4H3;5-9,11-16H,1-4H3;3-9,11-12H,1-2H3;;;/q6*-1;;;.